The van der Waals surface area contributed by atoms with Gasteiger partial charge in [-0.15, -0.1) is 0 Å². The van der Waals surface area contributed by atoms with E-state index >= 15 is 0 Å². The molecule has 0 atom stereocenters. The van der Waals surface area contributed by atoms with E-state index in [2.05, 4.69) is 25.9 Å². The van der Waals surface area contributed by atoms with Crippen molar-refractivity contribution in [2.24, 2.45) is 12.0 Å². The van der Waals surface area contributed by atoms with E-state index < -0.39 is 5.97 Å². The molecule has 2 aromatic heterocycles. The second kappa shape index (κ2) is 9.83. The van der Waals surface area contributed by atoms with Crippen molar-refractivity contribution in [2.45, 2.75) is 12.8 Å². The zero-order valence-corrected chi connectivity index (χ0v) is 21.0. The van der Waals surface area contributed by atoms with Crippen LogP contribution in [0.1, 0.15) is 23.1 Å². The SMILES string of the molecule is Cn1ccnc1-c1ccc(N=C(c2ccc(CCC(=O)O)cc2)c2c(O)[nH]c3cc(Br)ccc23)cc1. The predicted octanol–water partition coefficient (Wildman–Crippen LogP) is 6.22. The lowest BCUT2D eigenvalue weighted by Gasteiger charge is -2.10. The third kappa shape index (κ3) is 4.81. The Kier molecular flexibility index (Phi) is 6.43. The highest BCUT2D eigenvalue weighted by molar-refractivity contribution is 9.10. The minimum absolute atomic E-state index is 0.0291. The number of carboxylic acid groups (broad SMARTS) is 1. The molecule has 0 saturated heterocycles. The summed E-state index contributed by atoms with van der Waals surface area (Å²) in [6.07, 6.45) is 4.18. The molecule has 0 aliphatic carbocycles. The smallest absolute Gasteiger partial charge is 0.303 e. The number of aromatic nitrogens is 3. The van der Waals surface area contributed by atoms with Gasteiger partial charge < -0.3 is 19.8 Å². The molecule has 0 radical (unpaired) electrons. The van der Waals surface area contributed by atoms with Crippen LogP contribution in [0.25, 0.3) is 22.3 Å². The topological polar surface area (TPSA) is 104 Å². The fourth-order valence-corrected chi connectivity index (χ4v) is 4.56. The Hall–Kier alpha value is -4.17. The zero-order valence-electron chi connectivity index (χ0n) is 19.4. The van der Waals surface area contributed by atoms with E-state index in [-0.39, 0.29) is 12.3 Å². The molecule has 3 N–H and O–H groups in total. The molecule has 0 fully saturated rings. The highest BCUT2D eigenvalue weighted by Crippen LogP contribution is 2.33. The Balaban J connectivity index is 1.60. The van der Waals surface area contributed by atoms with Gasteiger partial charge in [-0.2, -0.15) is 0 Å². The van der Waals surface area contributed by atoms with Crippen molar-refractivity contribution in [3.63, 3.8) is 0 Å². The van der Waals surface area contributed by atoms with Crippen molar-refractivity contribution in [3.05, 3.63) is 100 Å². The normalized spacial score (nSPS) is 11.8. The number of rotatable bonds is 7. The molecule has 0 amide bonds. The molecular formula is C28H23BrN4O3. The summed E-state index contributed by atoms with van der Waals surface area (Å²) < 4.78 is 2.85. The lowest BCUT2D eigenvalue weighted by Crippen LogP contribution is -2.04. The van der Waals surface area contributed by atoms with Gasteiger partial charge in [0.2, 0.25) is 0 Å². The zero-order chi connectivity index (χ0) is 25.2. The van der Waals surface area contributed by atoms with Crippen LogP contribution in [0.2, 0.25) is 0 Å². The maximum Gasteiger partial charge on any atom is 0.303 e. The number of halogens is 1. The number of imidazole rings is 1. The summed E-state index contributed by atoms with van der Waals surface area (Å²) in [4.78, 5) is 23.4. The van der Waals surface area contributed by atoms with E-state index in [0.29, 0.717) is 17.7 Å². The van der Waals surface area contributed by atoms with Crippen LogP contribution < -0.4 is 0 Å². The summed E-state index contributed by atoms with van der Waals surface area (Å²) in [5, 5.41) is 20.7. The number of aromatic amines is 1. The van der Waals surface area contributed by atoms with Crippen molar-refractivity contribution in [1.29, 1.82) is 0 Å². The lowest BCUT2D eigenvalue weighted by atomic mass is 9.98. The van der Waals surface area contributed by atoms with Crippen molar-refractivity contribution in [1.82, 2.24) is 14.5 Å². The number of aryl methyl sites for hydroxylation is 2. The van der Waals surface area contributed by atoms with Gasteiger partial charge in [-0.3, -0.25) is 4.79 Å². The fourth-order valence-electron chi connectivity index (χ4n) is 4.20. The maximum atomic E-state index is 11.0. The van der Waals surface area contributed by atoms with E-state index in [4.69, 9.17) is 10.1 Å². The molecule has 3 aromatic carbocycles. The first-order chi connectivity index (χ1) is 17.4. The number of H-pyrrole nitrogens is 1. The summed E-state index contributed by atoms with van der Waals surface area (Å²) in [5.41, 5.74) is 5.43. The molecule has 0 aliphatic rings. The summed E-state index contributed by atoms with van der Waals surface area (Å²) in [6.45, 7) is 0. The van der Waals surface area contributed by atoms with E-state index in [0.717, 1.165) is 43.6 Å². The van der Waals surface area contributed by atoms with Crippen molar-refractivity contribution in [2.75, 3.05) is 0 Å². The molecule has 0 saturated carbocycles. The average Bonchev–Trinajstić information content (AvgIpc) is 3.43. The molecule has 5 aromatic rings. The molecule has 36 heavy (non-hydrogen) atoms. The van der Waals surface area contributed by atoms with E-state index in [1.807, 2.05) is 84.5 Å². The number of nitrogens with one attached hydrogen (secondary N) is 1. The first kappa shape index (κ1) is 23.6. The first-order valence-electron chi connectivity index (χ1n) is 11.4. The summed E-state index contributed by atoms with van der Waals surface area (Å²) in [5.74, 6) is 0.0641. The lowest BCUT2D eigenvalue weighted by molar-refractivity contribution is -0.136. The molecule has 2 heterocycles. The minimum Gasteiger partial charge on any atom is -0.494 e. The molecule has 0 aliphatic heterocycles. The van der Waals surface area contributed by atoms with Gasteiger partial charge in [-0.05, 0) is 48.4 Å². The van der Waals surface area contributed by atoms with Gasteiger partial charge in [0.1, 0.15) is 5.82 Å². The highest BCUT2D eigenvalue weighted by atomic mass is 79.9. The standard InChI is InChI=1S/C28H23BrN4O3/c1-33-15-14-30-27(33)19-7-10-21(11-8-19)31-26(18-5-2-17(3-6-18)4-13-24(34)35)25-22-12-9-20(29)16-23(22)32-28(25)36/h2-3,5-12,14-16,32,36H,4,13H2,1H3,(H,34,35). The first-order valence-corrected chi connectivity index (χ1v) is 12.2. The summed E-state index contributed by atoms with van der Waals surface area (Å²) >= 11 is 3.48. The maximum absolute atomic E-state index is 11.0. The number of carboxylic acids is 1. The van der Waals surface area contributed by atoms with Crippen LogP contribution in [0.3, 0.4) is 0 Å². The van der Waals surface area contributed by atoms with Crippen molar-refractivity contribution in [3.8, 4) is 17.3 Å². The average molecular weight is 543 g/mol. The molecule has 180 valence electrons. The Morgan fingerprint density at radius 3 is 2.50 bits per heavy atom. The second-order valence-corrected chi connectivity index (χ2v) is 9.41. The largest absolute Gasteiger partial charge is 0.494 e. The minimum atomic E-state index is -0.829. The predicted molar refractivity (Wildman–Crippen MR) is 144 cm³/mol. The Labute approximate surface area is 215 Å². The van der Waals surface area contributed by atoms with Crippen molar-refractivity contribution >= 4 is 44.2 Å². The van der Waals surface area contributed by atoms with Crippen LogP contribution in [0.15, 0.2) is 88.6 Å². The number of benzene rings is 3. The van der Waals surface area contributed by atoms with Gasteiger partial charge in [-0.25, -0.2) is 9.98 Å². The van der Waals surface area contributed by atoms with Gasteiger partial charge in [-0.1, -0.05) is 46.3 Å². The van der Waals surface area contributed by atoms with E-state index in [1.165, 1.54) is 0 Å². The van der Waals surface area contributed by atoms with Crippen LogP contribution in [0.4, 0.5) is 5.69 Å². The number of carbonyl (C=O) groups is 1. The van der Waals surface area contributed by atoms with Crippen LogP contribution in [0.5, 0.6) is 5.88 Å². The van der Waals surface area contributed by atoms with Crippen LogP contribution in [0, 0.1) is 0 Å². The number of aliphatic carboxylic acids is 1. The monoisotopic (exact) mass is 542 g/mol. The van der Waals surface area contributed by atoms with Crippen LogP contribution in [-0.4, -0.2) is 36.4 Å². The highest BCUT2D eigenvalue weighted by Gasteiger charge is 2.19. The summed E-state index contributed by atoms with van der Waals surface area (Å²) in [7, 11) is 1.95. The third-order valence-corrected chi connectivity index (χ3v) is 6.51. The molecule has 7 nitrogen and oxygen atoms in total. The van der Waals surface area contributed by atoms with E-state index in [1.54, 1.807) is 6.20 Å². The van der Waals surface area contributed by atoms with Gasteiger partial charge in [0, 0.05) is 46.8 Å². The number of hydrogen-bond acceptors (Lipinski definition) is 4. The number of aliphatic imine (C=N–C) groups is 1. The van der Waals surface area contributed by atoms with Crippen LogP contribution >= 0.6 is 15.9 Å². The number of aromatic hydroxyl groups is 1. The van der Waals surface area contributed by atoms with Gasteiger partial charge in [0.25, 0.3) is 0 Å². The Morgan fingerprint density at radius 1 is 1.08 bits per heavy atom. The third-order valence-electron chi connectivity index (χ3n) is 6.02. The Bertz CT molecular complexity index is 1580. The van der Waals surface area contributed by atoms with Crippen LogP contribution in [-0.2, 0) is 18.3 Å². The fraction of sp³-hybridized carbons (Fsp3) is 0.107. The quantitative estimate of drug-likeness (QED) is 0.212. The second-order valence-electron chi connectivity index (χ2n) is 8.50. The van der Waals surface area contributed by atoms with E-state index in [9.17, 15) is 9.90 Å². The number of fused-ring (bicyclic) bond motifs is 1. The van der Waals surface area contributed by atoms with Gasteiger partial charge in [0.15, 0.2) is 5.88 Å². The Morgan fingerprint density at radius 2 is 1.83 bits per heavy atom. The molecule has 5 rings (SSSR count). The number of hydrogen-bond donors (Lipinski definition) is 3. The van der Waals surface area contributed by atoms with Crippen molar-refractivity contribution < 1.29 is 15.0 Å². The molecule has 8 heteroatoms. The van der Waals surface area contributed by atoms with Gasteiger partial charge >= 0.3 is 5.97 Å². The summed E-state index contributed by atoms with van der Waals surface area (Å²) in [6, 6.07) is 21.2. The van der Waals surface area contributed by atoms with Gasteiger partial charge in [0.05, 0.1) is 22.5 Å². The molecule has 0 unspecified atom stereocenters. The molecule has 0 bridgehead atoms. The number of nitrogens with zero attached hydrogens (tertiary/aromatic N) is 3. The molecular weight excluding hydrogens is 520 g/mol. The molecule has 0 spiro atoms.